The number of benzene rings is 1. The number of hydrogen-bond acceptors (Lipinski definition) is 6. The molecule has 0 radical (unpaired) electrons. The maximum absolute atomic E-state index is 12.8. The van der Waals surface area contributed by atoms with Gasteiger partial charge in [-0.25, -0.2) is 9.59 Å². The first-order valence-corrected chi connectivity index (χ1v) is 8.72. The predicted molar refractivity (Wildman–Crippen MR) is 97.1 cm³/mol. The van der Waals surface area contributed by atoms with Crippen molar-refractivity contribution in [1.82, 2.24) is 10.6 Å². The van der Waals surface area contributed by atoms with Crippen LogP contribution in [0.1, 0.15) is 39.2 Å². The second-order valence-corrected chi connectivity index (χ2v) is 7.63. The number of aromatic hydroxyl groups is 1. The summed E-state index contributed by atoms with van der Waals surface area (Å²) in [7, 11) is 1.27. The molecule has 8 heteroatoms. The van der Waals surface area contributed by atoms with Crippen molar-refractivity contribution >= 4 is 18.0 Å². The largest absolute Gasteiger partial charge is 0.508 e. The fraction of sp³-hybridized carbons (Fsp3) is 0.526. The van der Waals surface area contributed by atoms with E-state index in [0.29, 0.717) is 12.8 Å². The fourth-order valence-corrected chi connectivity index (χ4v) is 2.55. The number of amides is 2. The van der Waals surface area contributed by atoms with Crippen LogP contribution in [0, 0.1) is 0 Å². The van der Waals surface area contributed by atoms with E-state index in [9.17, 15) is 19.5 Å². The Bertz CT molecular complexity index is 704. The highest BCUT2D eigenvalue weighted by molar-refractivity contribution is 5.93. The first-order valence-electron chi connectivity index (χ1n) is 8.72. The lowest BCUT2D eigenvalue weighted by Gasteiger charge is -2.25. The Morgan fingerprint density at radius 3 is 2.26 bits per heavy atom. The smallest absolute Gasteiger partial charge is 0.408 e. The number of methoxy groups -OCH3 is 1. The lowest BCUT2D eigenvalue weighted by atomic mass is 10.0. The summed E-state index contributed by atoms with van der Waals surface area (Å²) in [5, 5.41) is 14.6. The number of nitrogens with one attached hydrogen (secondary N) is 2. The molecule has 0 spiro atoms. The molecule has 1 aliphatic rings. The molecule has 0 aliphatic heterocycles. The lowest BCUT2D eigenvalue weighted by Crippen LogP contribution is -2.54. The van der Waals surface area contributed by atoms with Crippen molar-refractivity contribution in [1.29, 1.82) is 0 Å². The highest BCUT2D eigenvalue weighted by Crippen LogP contribution is 2.36. The van der Waals surface area contributed by atoms with Gasteiger partial charge in [0.25, 0.3) is 0 Å². The van der Waals surface area contributed by atoms with Gasteiger partial charge in [0.1, 0.15) is 22.9 Å². The van der Waals surface area contributed by atoms with E-state index in [0.717, 1.165) is 5.56 Å². The van der Waals surface area contributed by atoms with Gasteiger partial charge in [-0.05, 0) is 51.3 Å². The molecule has 2 rings (SSSR count). The number of carbonyl (C=O) groups excluding carboxylic acids is 3. The summed E-state index contributed by atoms with van der Waals surface area (Å²) in [6.45, 7) is 5.16. The molecule has 3 N–H and O–H groups in total. The molecule has 2 amide bonds. The molecular formula is C19H26N2O6. The number of phenols is 1. The Balaban J connectivity index is 2.12. The number of phenolic OH excluding ortho intramolecular Hbond substituents is 1. The van der Waals surface area contributed by atoms with Crippen LogP contribution in [-0.2, 0) is 25.5 Å². The zero-order chi connectivity index (χ0) is 20.2. The molecule has 27 heavy (non-hydrogen) atoms. The molecule has 1 aromatic carbocycles. The van der Waals surface area contributed by atoms with E-state index < -0.39 is 35.2 Å². The molecule has 1 unspecified atom stereocenters. The Labute approximate surface area is 158 Å². The van der Waals surface area contributed by atoms with E-state index in [1.54, 1.807) is 32.9 Å². The highest BCUT2D eigenvalue weighted by Gasteiger charge is 2.53. The highest BCUT2D eigenvalue weighted by atomic mass is 16.6. The number of hydrogen-bond donors (Lipinski definition) is 3. The van der Waals surface area contributed by atoms with Crippen molar-refractivity contribution < 1.29 is 29.0 Å². The molecule has 0 heterocycles. The minimum Gasteiger partial charge on any atom is -0.508 e. The molecular weight excluding hydrogens is 352 g/mol. The molecule has 1 saturated carbocycles. The predicted octanol–water partition coefficient (Wildman–Crippen LogP) is 1.65. The van der Waals surface area contributed by atoms with Crippen molar-refractivity contribution in [2.75, 3.05) is 7.11 Å². The van der Waals surface area contributed by atoms with E-state index in [-0.39, 0.29) is 12.2 Å². The maximum atomic E-state index is 12.8. The van der Waals surface area contributed by atoms with Crippen molar-refractivity contribution in [2.24, 2.45) is 0 Å². The molecule has 0 bridgehead atoms. The van der Waals surface area contributed by atoms with Gasteiger partial charge in [-0.3, -0.25) is 4.79 Å². The third-order valence-electron chi connectivity index (χ3n) is 4.07. The average molecular weight is 378 g/mol. The number of carbonyl (C=O) groups is 3. The van der Waals surface area contributed by atoms with Gasteiger partial charge >= 0.3 is 12.1 Å². The van der Waals surface area contributed by atoms with Gasteiger partial charge in [0.2, 0.25) is 5.91 Å². The summed E-state index contributed by atoms with van der Waals surface area (Å²) < 4.78 is 9.97. The Kier molecular flexibility index (Phi) is 5.98. The van der Waals surface area contributed by atoms with Crippen LogP contribution in [0.25, 0.3) is 0 Å². The van der Waals surface area contributed by atoms with Crippen molar-refractivity contribution in [3.8, 4) is 5.75 Å². The molecule has 1 aromatic rings. The molecule has 148 valence electrons. The Morgan fingerprint density at radius 2 is 1.78 bits per heavy atom. The first kappa shape index (κ1) is 20.5. The normalized spacial score (nSPS) is 16.0. The average Bonchev–Trinajstić information content (AvgIpc) is 3.34. The summed E-state index contributed by atoms with van der Waals surface area (Å²) in [4.78, 5) is 36.8. The summed E-state index contributed by atoms with van der Waals surface area (Å²) in [6.07, 6.45) is 0.417. The maximum Gasteiger partial charge on any atom is 0.408 e. The van der Waals surface area contributed by atoms with E-state index in [1.807, 2.05) is 0 Å². The summed E-state index contributed by atoms with van der Waals surface area (Å²) >= 11 is 0. The summed E-state index contributed by atoms with van der Waals surface area (Å²) in [6, 6.07) is 5.34. The summed E-state index contributed by atoms with van der Waals surface area (Å²) in [5.74, 6) is -0.907. The van der Waals surface area contributed by atoms with Gasteiger partial charge in [-0.2, -0.15) is 0 Å². The SMILES string of the molecule is COC(=O)C1(NC(=O)C(Cc2ccc(O)cc2)NC(=O)OC(C)(C)C)CC1. The molecule has 1 fully saturated rings. The molecule has 0 aromatic heterocycles. The van der Waals surface area contributed by atoms with Crippen LogP contribution in [-0.4, -0.2) is 47.4 Å². The van der Waals surface area contributed by atoms with E-state index in [2.05, 4.69) is 10.6 Å². The van der Waals surface area contributed by atoms with Crippen LogP contribution >= 0.6 is 0 Å². The van der Waals surface area contributed by atoms with Gasteiger partial charge in [0, 0.05) is 6.42 Å². The molecule has 1 aliphatic carbocycles. The van der Waals surface area contributed by atoms with Gasteiger partial charge in [0.05, 0.1) is 7.11 Å². The third kappa shape index (κ3) is 5.87. The molecule has 1 atom stereocenters. The van der Waals surface area contributed by atoms with Crippen LogP contribution in [0.15, 0.2) is 24.3 Å². The van der Waals surface area contributed by atoms with Crippen molar-refractivity contribution in [2.45, 2.75) is 57.2 Å². The van der Waals surface area contributed by atoms with E-state index >= 15 is 0 Å². The lowest BCUT2D eigenvalue weighted by molar-refractivity contribution is -0.146. The number of ether oxygens (including phenoxy) is 2. The fourth-order valence-electron chi connectivity index (χ4n) is 2.55. The van der Waals surface area contributed by atoms with Gasteiger partial charge < -0.3 is 25.2 Å². The van der Waals surface area contributed by atoms with Crippen molar-refractivity contribution in [3.05, 3.63) is 29.8 Å². The second kappa shape index (κ2) is 7.85. The van der Waals surface area contributed by atoms with Gasteiger partial charge in [0.15, 0.2) is 0 Å². The Morgan fingerprint density at radius 1 is 1.19 bits per heavy atom. The minimum absolute atomic E-state index is 0.0995. The topological polar surface area (TPSA) is 114 Å². The summed E-state index contributed by atoms with van der Waals surface area (Å²) in [5.41, 5.74) is -1.01. The van der Waals surface area contributed by atoms with Crippen LogP contribution < -0.4 is 10.6 Å². The standard InChI is InChI=1S/C19H26N2O6/c1-18(2,3)27-17(25)20-14(11-12-5-7-13(22)8-6-12)15(23)21-19(9-10-19)16(24)26-4/h5-8,14,22H,9-11H2,1-4H3,(H,20,25)(H,21,23). The number of rotatable bonds is 6. The second-order valence-electron chi connectivity index (χ2n) is 7.63. The molecule has 0 saturated heterocycles. The van der Waals surface area contributed by atoms with Crippen LogP contribution in [0.2, 0.25) is 0 Å². The molecule has 8 nitrogen and oxygen atoms in total. The number of alkyl carbamates (subject to hydrolysis) is 1. The quantitative estimate of drug-likeness (QED) is 0.649. The van der Waals surface area contributed by atoms with Gasteiger partial charge in [-0.15, -0.1) is 0 Å². The monoisotopic (exact) mass is 378 g/mol. The van der Waals surface area contributed by atoms with Crippen LogP contribution in [0.4, 0.5) is 4.79 Å². The van der Waals surface area contributed by atoms with Gasteiger partial charge in [-0.1, -0.05) is 12.1 Å². The third-order valence-corrected chi connectivity index (χ3v) is 4.07. The zero-order valence-electron chi connectivity index (χ0n) is 16.0. The Hall–Kier alpha value is -2.77. The van der Waals surface area contributed by atoms with Crippen molar-refractivity contribution in [3.63, 3.8) is 0 Å². The first-order chi connectivity index (χ1) is 12.5. The van der Waals surface area contributed by atoms with E-state index in [1.165, 1.54) is 19.2 Å². The number of esters is 1. The van der Waals surface area contributed by atoms with Crippen LogP contribution in [0.5, 0.6) is 5.75 Å². The van der Waals surface area contributed by atoms with Crippen LogP contribution in [0.3, 0.4) is 0 Å². The minimum atomic E-state index is -1.02. The van der Waals surface area contributed by atoms with E-state index in [4.69, 9.17) is 9.47 Å². The zero-order valence-corrected chi connectivity index (χ0v) is 16.0.